The molecular weight excluding hydrogens is 246 g/mol. The minimum atomic E-state index is 1.10. The summed E-state index contributed by atoms with van der Waals surface area (Å²) >= 11 is 5.29. The maximum absolute atomic E-state index is 4.46. The third kappa shape index (κ3) is 1.92. The molecular formula is C10H10BrNS. The third-order valence-corrected chi connectivity index (χ3v) is 3.60. The third-order valence-electron chi connectivity index (χ3n) is 2.00. The van der Waals surface area contributed by atoms with Gasteiger partial charge in [0.1, 0.15) is 0 Å². The minimum absolute atomic E-state index is 1.10. The molecule has 2 rings (SSSR count). The SMILES string of the molecule is Cc1nc(C2=C(Br)CCC=C2)cs1. The number of aryl methyl sites for hydroxylation is 1. The Hall–Kier alpha value is -0.410. The summed E-state index contributed by atoms with van der Waals surface area (Å²) in [5.74, 6) is 0. The molecule has 0 amide bonds. The molecule has 1 aliphatic rings. The molecule has 0 spiro atoms. The number of halogens is 1. The van der Waals surface area contributed by atoms with E-state index < -0.39 is 0 Å². The van der Waals surface area contributed by atoms with Crippen LogP contribution >= 0.6 is 27.3 Å². The van der Waals surface area contributed by atoms with E-state index in [0.29, 0.717) is 0 Å². The van der Waals surface area contributed by atoms with E-state index in [-0.39, 0.29) is 0 Å². The first-order chi connectivity index (χ1) is 6.27. The van der Waals surface area contributed by atoms with Crippen molar-refractivity contribution in [3.8, 4) is 0 Å². The summed E-state index contributed by atoms with van der Waals surface area (Å²) in [5.41, 5.74) is 2.35. The molecule has 0 saturated carbocycles. The molecule has 3 heteroatoms. The maximum atomic E-state index is 4.46. The van der Waals surface area contributed by atoms with Crippen LogP contribution < -0.4 is 0 Å². The van der Waals surface area contributed by atoms with Crippen LogP contribution in [0.25, 0.3) is 5.57 Å². The summed E-state index contributed by atoms with van der Waals surface area (Å²) in [6, 6.07) is 0. The molecule has 0 N–H and O–H groups in total. The van der Waals surface area contributed by atoms with E-state index in [9.17, 15) is 0 Å². The fraction of sp³-hybridized carbons (Fsp3) is 0.300. The second-order valence-electron chi connectivity index (χ2n) is 3.01. The van der Waals surface area contributed by atoms with Crippen molar-refractivity contribution in [3.63, 3.8) is 0 Å². The first-order valence-electron chi connectivity index (χ1n) is 4.25. The van der Waals surface area contributed by atoms with Crippen molar-refractivity contribution in [1.82, 2.24) is 4.98 Å². The monoisotopic (exact) mass is 255 g/mol. The Morgan fingerprint density at radius 2 is 2.38 bits per heavy atom. The molecule has 1 heterocycles. The molecule has 13 heavy (non-hydrogen) atoms. The Labute approximate surface area is 90.3 Å². The Morgan fingerprint density at radius 3 is 3.00 bits per heavy atom. The lowest BCUT2D eigenvalue weighted by Crippen LogP contribution is -1.89. The topological polar surface area (TPSA) is 12.9 Å². The summed E-state index contributed by atoms with van der Waals surface area (Å²) in [4.78, 5) is 4.46. The van der Waals surface area contributed by atoms with Gasteiger partial charge in [-0.25, -0.2) is 4.98 Å². The van der Waals surface area contributed by atoms with Crippen LogP contribution in [0.4, 0.5) is 0 Å². The zero-order valence-electron chi connectivity index (χ0n) is 7.38. The van der Waals surface area contributed by atoms with Gasteiger partial charge in [-0.3, -0.25) is 0 Å². The fourth-order valence-corrected chi connectivity index (χ4v) is 2.52. The van der Waals surface area contributed by atoms with Crippen LogP contribution in [-0.4, -0.2) is 4.98 Å². The molecule has 0 fully saturated rings. The van der Waals surface area contributed by atoms with Crippen molar-refractivity contribution >= 4 is 32.8 Å². The van der Waals surface area contributed by atoms with E-state index in [1.54, 1.807) is 11.3 Å². The van der Waals surface area contributed by atoms with Gasteiger partial charge in [-0.05, 0) is 19.8 Å². The average molecular weight is 256 g/mol. The van der Waals surface area contributed by atoms with Crippen molar-refractivity contribution in [2.45, 2.75) is 19.8 Å². The second-order valence-corrected chi connectivity index (χ2v) is 5.03. The van der Waals surface area contributed by atoms with Crippen molar-refractivity contribution in [2.75, 3.05) is 0 Å². The van der Waals surface area contributed by atoms with E-state index in [1.165, 1.54) is 10.1 Å². The van der Waals surface area contributed by atoms with E-state index >= 15 is 0 Å². The maximum Gasteiger partial charge on any atom is 0.0901 e. The van der Waals surface area contributed by atoms with Crippen LogP contribution in [0.1, 0.15) is 23.5 Å². The van der Waals surface area contributed by atoms with Gasteiger partial charge in [0.15, 0.2) is 0 Å². The van der Waals surface area contributed by atoms with Crippen LogP contribution in [0, 0.1) is 6.92 Å². The van der Waals surface area contributed by atoms with E-state index in [0.717, 1.165) is 23.5 Å². The van der Waals surface area contributed by atoms with Gasteiger partial charge in [0.2, 0.25) is 0 Å². The van der Waals surface area contributed by atoms with Crippen LogP contribution in [0.5, 0.6) is 0 Å². The van der Waals surface area contributed by atoms with E-state index in [2.05, 4.69) is 38.4 Å². The number of aromatic nitrogens is 1. The molecule has 68 valence electrons. The Balaban J connectivity index is 2.40. The smallest absolute Gasteiger partial charge is 0.0901 e. The van der Waals surface area contributed by atoms with Crippen LogP contribution in [0.3, 0.4) is 0 Å². The van der Waals surface area contributed by atoms with Gasteiger partial charge in [-0.1, -0.05) is 28.1 Å². The van der Waals surface area contributed by atoms with Crippen LogP contribution in [-0.2, 0) is 0 Å². The predicted octanol–water partition coefficient (Wildman–Crippen LogP) is 3.91. The summed E-state index contributed by atoms with van der Waals surface area (Å²) < 4.78 is 1.28. The Morgan fingerprint density at radius 1 is 1.54 bits per heavy atom. The molecule has 1 aromatic heterocycles. The van der Waals surface area contributed by atoms with Gasteiger partial charge in [0, 0.05) is 15.4 Å². The molecule has 0 unspecified atom stereocenters. The molecule has 0 saturated heterocycles. The average Bonchev–Trinajstić information content (AvgIpc) is 2.53. The second kappa shape index (κ2) is 3.76. The zero-order chi connectivity index (χ0) is 9.26. The summed E-state index contributed by atoms with van der Waals surface area (Å²) in [7, 11) is 0. The highest BCUT2D eigenvalue weighted by molar-refractivity contribution is 9.11. The highest BCUT2D eigenvalue weighted by Gasteiger charge is 2.09. The molecule has 0 aliphatic heterocycles. The normalized spacial score (nSPS) is 16.8. The number of thiazole rings is 1. The van der Waals surface area contributed by atoms with Gasteiger partial charge in [-0.2, -0.15) is 0 Å². The van der Waals surface area contributed by atoms with Crippen molar-refractivity contribution < 1.29 is 0 Å². The molecule has 0 atom stereocenters. The lowest BCUT2D eigenvalue weighted by atomic mass is 10.1. The zero-order valence-corrected chi connectivity index (χ0v) is 9.78. The molecule has 0 radical (unpaired) electrons. The van der Waals surface area contributed by atoms with Crippen molar-refractivity contribution in [2.24, 2.45) is 0 Å². The number of hydrogen-bond donors (Lipinski definition) is 0. The van der Waals surface area contributed by atoms with Gasteiger partial charge < -0.3 is 0 Å². The van der Waals surface area contributed by atoms with Crippen LogP contribution in [0.15, 0.2) is 22.0 Å². The van der Waals surface area contributed by atoms with Gasteiger partial charge in [0.25, 0.3) is 0 Å². The van der Waals surface area contributed by atoms with Crippen molar-refractivity contribution in [3.05, 3.63) is 32.7 Å². The first kappa shape index (κ1) is 9.16. The number of hydrogen-bond acceptors (Lipinski definition) is 2. The number of rotatable bonds is 1. The lowest BCUT2D eigenvalue weighted by Gasteiger charge is -2.08. The fourth-order valence-electron chi connectivity index (χ4n) is 1.35. The molecule has 1 nitrogen and oxygen atoms in total. The highest BCUT2D eigenvalue weighted by atomic mass is 79.9. The minimum Gasteiger partial charge on any atom is -0.242 e. The first-order valence-corrected chi connectivity index (χ1v) is 5.92. The largest absolute Gasteiger partial charge is 0.242 e. The standard InChI is InChI=1S/C10H10BrNS/c1-7-12-10(6-13-7)8-4-2-3-5-9(8)11/h2,4,6H,3,5H2,1H3. The summed E-state index contributed by atoms with van der Waals surface area (Å²) in [6.07, 6.45) is 6.59. The predicted molar refractivity (Wildman–Crippen MR) is 61.1 cm³/mol. The quantitative estimate of drug-likeness (QED) is 0.742. The number of nitrogens with zero attached hydrogens (tertiary/aromatic N) is 1. The van der Waals surface area contributed by atoms with Gasteiger partial charge in [-0.15, -0.1) is 11.3 Å². The van der Waals surface area contributed by atoms with Crippen molar-refractivity contribution in [1.29, 1.82) is 0 Å². The van der Waals surface area contributed by atoms with E-state index in [4.69, 9.17) is 0 Å². The lowest BCUT2D eigenvalue weighted by molar-refractivity contribution is 1.03. The van der Waals surface area contributed by atoms with Gasteiger partial charge >= 0.3 is 0 Å². The summed E-state index contributed by atoms with van der Waals surface area (Å²) in [5, 5.41) is 3.24. The molecule has 0 aromatic carbocycles. The highest BCUT2D eigenvalue weighted by Crippen LogP contribution is 2.31. The molecule has 1 aromatic rings. The van der Waals surface area contributed by atoms with E-state index in [1.807, 2.05) is 6.92 Å². The van der Waals surface area contributed by atoms with Gasteiger partial charge in [0.05, 0.1) is 10.7 Å². The Bertz CT molecular complexity index is 376. The summed E-state index contributed by atoms with van der Waals surface area (Å²) in [6.45, 7) is 2.04. The molecule has 0 bridgehead atoms. The molecule has 1 aliphatic carbocycles. The number of allylic oxidation sites excluding steroid dienone is 4. The Kier molecular flexibility index (Phi) is 2.65. The van der Waals surface area contributed by atoms with Crippen LogP contribution in [0.2, 0.25) is 0 Å².